The summed E-state index contributed by atoms with van der Waals surface area (Å²) in [5.74, 6) is 1.84. The lowest BCUT2D eigenvalue weighted by molar-refractivity contribution is 0.0926. The Morgan fingerprint density at radius 2 is 1.60 bits per heavy atom. The van der Waals surface area contributed by atoms with Crippen molar-refractivity contribution < 1.29 is 9.59 Å². The average Bonchev–Trinajstić information content (AvgIpc) is 2.72. The molecule has 0 radical (unpaired) electrons. The lowest BCUT2D eigenvalue weighted by atomic mass is 10.1. The van der Waals surface area contributed by atoms with E-state index >= 15 is 0 Å². The minimum atomic E-state index is -0.328. The summed E-state index contributed by atoms with van der Waals surface area (Å²) in [5.41, 5.74) is 3.00. The summed E-state index contributed by atoms with van der Waals surface area (Å²) >= 11 is 0. The van der Waals surface area contributed by atoms with Crippen molar-refractivity contribution in [3.8, 4) is 12.3 Å². The molecule has 3 heteroatoms. The van der Waals surface area contributed by atoms with Crippen LogP contribution >= 0.6 is 0 Å². The van der Waals surface area contributed by atoms with Gasteiger partial charge < -0.3 is 0 Å². The third-order valence-corrected chi connectivity index (χ3v) is 3.35. The molecule has 0 spiro atoms. The van der Waals surface area contributed by atoms with Crippen LogP contribution in [0.2, 0.25) is 0 Å². The number of aryl methyl sites for hydroxylation is 1. The van der Waals surface area contributed by atoms with Gasteiger partial charge in [-0.05, 0) is 37.3 Å². The number of fused-ring (bicyclic) bond motifs is 1. The molecule has 1 aliphatic rings. The highest BCUT2D eigenvalue weighted by atomic mass is 16.2. The van der Waals surface area contributed by atoms with Crippen molar-refractivity contribution >= 4 is 17.5 Å². The maximum atomic E-state index is 12.4. The van der Waals surface area contributed by atoms with Crippen molar-refractivity contribution in [1.82, 2.24) is 0 Å². The number of benzene rings is 2. The van der Waals surface area contributed by atoms with Crippen LogP contribution in [0.4, 0.5) is 5.69 Å². The molecule has 2 aromatic rings. The van der Waals surface area contributed by atoms with Crippen LogP contribution in [0.25, 0.3) is 0 Å². The quantitative estimate of drug-likeness (QED) is 0.584. The van der Waals surface area contributed by atoms with Crippen molar-refractivity contribution in [3.05, 3.63) is 64.7 Å². The fourth-order valence-corrected chi connectivity index (χ4v) is 2.26. The topological polar surface area (TPSA) is 37.4 Å². The van der Waals surface area contributed by atoms with E-state index in [1.54, 1.807) is 30.3 Å². The second-order valence-electron chi connectivity index (χ2n) is 4.69. The number of amides is 2. The number of terminal acetylenes is 1. The molecule has 0 saturated heterocycles. The molecule has 0 atom stereocenters. The first-order valence-corrected chi connectivity index (χ1v) is 6.18. The second-order valence-corrected chi connectivity index (χ2v) is 4.69. The molecular weight excluding hydrogens is 250 g/mol. The molecule has 20 heavy (non-hydrogen) atoms. The van der Waals surface area contributed by atoms with Gasteiger partial charge in [0.2, 0.25) is 0 Å². The fourth-order valence-electron chi connectivity index (χ4n) is 2.26. The van der Waals surface area contributed by atoms with Gasteiger partial charge in [0.25, 0.3) is 11.8 Å². The highest BCUT2D eigenvalue weighted by Crippen LogP contribution is 2.29. The molecule has 0 bridgehead atoms. The Labute approximate surface area is 116 Å². The number of imide groups is 1. The Hall–Kier alpha value is -2.86. The molecule has 0 saturated carbocycles. The van der Waals surface area contributed by atoms with Crippen LogP contribution in [-0.2, 0) is 0 Å². The van der Waals surface area contributed by atoms with Crippen molar-refractivity contribution in [2.45, 2.75) is 6.92 Å². The average molecular weight is 261 g/mol. The van der Waals surface area contributed by atoms with E-state index < -0.39 is 0 Å². The molecular formula is C17H11NO2. The number of hydrogen-bond donors (Lipinski definition) is 0. The third kappa shape index (κ3) is 1.70. The first-order valence-electron chi connectivity index (χ1n) is 6.18. The zero-order chi connectivity index (χ0) is 14.3. The SMILES string of the molecule is C#Cc1ccc2c(c1)C(=O)N(c1ccc(C)cc1)C2=O. The molecule has 0 aromatic heterocycles. The molecule has 96 valence electrons. The Balaban J connectivity index is 2.10. The van der Waals surface area contributed by atoms with Gasteiger partial charge >= 0.3 is 0 Å². The normalized spacial score (nSPS) is 13.3. The number of hydrogen-bond acceptors (Lipinski definition) is 2. The van der Waals surface area contributed by atoms with E-state index in [2.05, 4.69) is 5.92 Å². The zero-order valence-electron chi connectivity index (χ0n) is 10.9. The number of rotatable bonds is 1. The Morgan fingerprint density at radius 3 is 2.25 bits per heavy atom. The maximum Gasteiger partial charge on any atom is 0.266 e. The summed E-state index contributed by atoms with van der Waals surface area (Å²) in [6.45, 7) is 1.95. The van der Waals surface area contributed by atoms with Crippen LogP contribution in [0.15, 0.2) is 42.5 Å². The molecule has 2 aromatic carbocycles. The third-order valence-electron chi connectivity index (χ3n) is 3.35. The Bertz CT molecular complexity index is 767. The van der Waals surface area contributed by atoms with Gasteiger partial charge in [-0.2, -0.15) is 0 Å². The maximum absolute atomic E-state index is 12.4. The van der Waals surface area contributed by atoms with Gasteiger partial charge in [-0.1, -0.05) is 23.6 Å². The smallest absolute Gasteiger partial charge is 0.266 e. The van der Waals surface area contributed by atoms with Gasteiger partial charge in [0.1, 0.15) is 0 Å². The minimum Gasteiger partial charge on any atom is -0.268 e. The molecule has 3 rings (SSSR count). The molecule has 0 fully saturated rings. The lowest BCUT2D eigenvalue weighted by Gasteiger charge is -2.13. The van der Waals surface area contributed by atoms with Crippen LogP contribution < -0.4 is 4.90 Å². The highest BCUT2D eigenvalue weighted by molar-refractivity contribution is 6.34. The van der Waals surface area contributed by atoms with Gasteiger partial charge in [0.15, 0.2) is 0 Å². The van der Waals surface area contributed by atoms with Crippen LogP contribution in [0, 0.1) is 19.3 Å². The Kier molecular flexibility index (Phi) is 2.66. The molecule has 3 nitrogen and oxygen atoms in total. The summed E-state index contributed by atoms with van der Waals surface area (Å²) in [6, 6.07) is 12.1. The summed E-state index contributed by atoms with van der Waals surface area (Å²) in [7, 11) is 0. The zero-order valence-corrected chi connectivity index (χ0v) is 10.9. The number of carbonyl (C=O) groups is 2. The van der Waals surface area contributed by atoms with Crippen molar-refractivity contribution in [2.24, 2.45) is 0 Å². The number of carbonyl (C=O) groups excluding carboxylic acids is 2. The molecule has 0 aliphatic carbocycles. The van der Waals surface area contributed by atoms with Crippen LogP contribution in [0.1, 0.15) is 31.8 Å². The van der Waals surface area contributed by atoms with E-state index in [0.717, 1.165) is 5.56 Å². The summed E-state index contributed by atoms with van der Waals surface area (Å²) in [4.78, 5) is 25.9. The van der Waals surface area contributed by atoms with Gasteiger partial charge in [-0.15, -0.1) is 6.42 Å². The predicted molar refractivity (Wildman–Crippen MR) is 76.7 cm³/mol. The fraction of sp³-hybridized carbons (Fsp3) is 0.0588. The largest absolute Gasteiger partial charge is 0.268 e. The molecule has 0 N–H and O–H groups in total. The van der Waals surface area contributed by atoms with E-state index in [4.69, 9.17) is 6.42 Å². The van der Waals surface area contributed by atoms with E-state index in [0.29, 0.717) is 22.4 Å². The summed E-state index contributed by atoms with van der Waals surface area (Å²) < 4.78 is 0. The summed E-state index contributed by atoms with van der Waals surface area (Å²) in [5, 5.41) is 0. The predicted octanol–water partition coefficient (Wildman–Crippen LogP) is 2.78. The van der Waals surface area contributed by atoms with E-state index in [1.807, 2.05) is 19.1 Å². The van der Waals surface area contributed by atoms with Crippen LogP contribution in [0.3, 0.4) is 0 Å². The minimum absolute atomic E-state index is 0.308. The molecule has 1 heterocycles. The highest BCUT2D eigenvalue weighted by Gasteiger charge is 2.36. The van der Waals surface area contributed by atoms with Crippen LogP contribution in [-0.4, -0.2) is 11.8 Å². The molecule has 1 aliphatic heterocycles. The van der Waals surface area contributed by atoms with Gasteiger partial charge in [-0.3, -0.25) is 9.59 Å². The number of nitrogens with zero attached hydrogens (tertiary/aromatic N) is 1. The molecule has 2 amide bonds. The standard InChI is InChI=1S/C17H11NO2/c1-3-12-6-9-14-15(10-12)17(20)18(16(14)19)13-7-4-11(2)5-8-13/h1,4-10H,2H3. The van der Waals surface area contributed by atoms with E-state index in [1.165, 1.54) is 4.90 Å². The van der Waals surface area contributed by atoms with Gasteiger partial charge in [0.05, 0.1) is 16.8 Å². The van der Waals surface area contributed by atoms with Gasteiger partial charge in [-0.25, -0.2) is 4.90 Å². The van der Waals surface area contributed by atoms with Crippen molar-refractivity contribution in [3.63, 3.8) is 0 Å². The summed E-state index contributed by atoms with van der Waals surface area (Å²) in [6.07, 6.45) is 5.33. The van der Waals surface area contributed by atoms with E-state index in [9.17, 15) is 9.59 Å². The number of anilines is 1. The lowest BCUT2D eigenvalue weighted by Crippen LogP contribution is -2.29. The first kappa shape index (κ1) is 12.2. The van der Waals surface area contributed by atoms with Crippen LogP contribution in [0.5, 0.6) is 0 Å². The Morgan fingerprint density at radius 1 is 0.950 bits per heavy atom. The monoisotopic (exact) mass is 261 g/mol. The van der Waals surface area contributed by atoms with Gasteiger partial charge in [0, 0.05) is 5.56 Å². The first-order chi connectivity index (χ1) is 9.61. The molecule has 0 unspecified atom stereocenters. The van der Waals surface area contributed by atoms with E-state index in [-0.39, 0.29) is 11.8 Å². The van der Waals surface area contributed by atoms with Crippen molar-refractivity contribution in [2.75, 3.05) is 4.90 Å². The second kappa shape index (κ2) is 4.36. The van der Waals surface area contributed by atoms with Crippen molar-refractivity contribution in [1.29, 1.82) is 0 Å².